The summed E-state index contributed by atoms with van der Waals surface area (Å²) in [4.78, 5) is 17.1. The highest BCUT2D eigenvalue weighted by molar-refractivity contribution is 7.89. The molecule has 0 spiro atoms. The molecule has 0 aliphatic carbocycles. The number of methoxy groups -OCH3 is 1. The third kappa shape index (κ3) is 8.38. The number of benzene rings is 2. The molecular weight excluding hydrogens is 493 g/mol. The number of para-hydroxylation sites is 1. The summed E-state index contributed by atoms with van der Waals surface area (Å²) < 4.78 is 45.8. The molecule has 7 nitrogen and oxygen atoms in total. The standard InChI is InChI=1S/C28H38FN3O4S/c1-3-4-5-12-28(33)31(17-8-10-24-9-6-7-11-27(24)36-2)21-18-30-19-22-32(23-20-30)37(34,35)26-15-13-25(29)14-16-26/h6-11,13-16H,3-5,12,17-23H2,1-2H3. The predicted octanol–water partition coefficient (Wildman–Crippen LogP) is 4.26. The molecule has 202 valence electrons. The Labute approximate surface area is 220 Å². The minimum absolute atomic E-state index is 0.105. The molecule has 0 N–H and O–H groups in total. The highest BCUT2D eigenvalue weighted by atomic mass is 32.2. The van der Waals surface area contributed by atoms with E-state index in [2.05, 4.69) is 11.8 Å². The van der Waals surface area contributed by atoms with Gasteiger partial charge in [0.15, 0.2) is 0 Å². The Kier molecular flexibility index (Phi) is 11.1. The maximum atomic E-state index is 13.2. The van der Waals surface area contributed by atoms with Gasteiger partial charge in [0.1, 0.15) is 11.6 Å². The zero-order valence-corrected chi connectivity index (χ0v) is 22.6. The van der Waals surface area contributed by atoms with Crippen LogP contribution in [0, 0.1) is 5.82 Å². The van der Waals surface area contributed by atoms with E-state index in [4.69, 9.17) is 4.74 Å². The van der Waals surface area contributed by atoms with E-state index >= 15 is 0 Å². The van der Waals surface area contributed by atoms with Crippen molar-refractivity contribution < 1.29 is 22.3 Å². The van der Waals surface area contributed by atoms with Gasteiger partial charge in [-0.25, -0.2) is 12.8 Å². The molecule has 1 saturated heterocycles. The molecule has 3 rings (SSSR count). The lowest BCUT2D eigenvalue weighted by atomic mass is 10.1. The van der Waals surface area contributed by atoms with Crippen molar-refractivity contribution in [1.29, 1.82) is 0 Å². The number of piperazine rings is 1. The van der Waals surface area contributed by atoms with Crippen LogP contribution in [-0.4, -0.2) is 81.4 Å². The summed E-state index contributed by atoms with van der Waals surface area (Å²) in [5.74, 6) is 0.457. The first-order chi connectivity index (χ1) is 17.8. The van der Waals surface area contributed by atoms with Crippen LogP contribution >= 0.6 is 0 Å². The number of nitrogens with zero attached hydrogens (tertiary/aromatic N) is 3. The molecule has 0 aromatic heterocycles. The van der Waals surface area contributed by atoms with Gasteiger partial charge >= 0.3 is 0 Å². The fourth-order valence-electron chi connectivity index (χ4n) is 4.32. The Morgan fingerprint density at radius 3 is 2.43 bits per heavy atom. The summed E-state index contributed by atoms with van der Waals surface area (Å²) in [6, 6.07) is 12.7. The second-order valence-electron chi connectivity index (χ2n) is 9.14. The van der Waals surface area contributed by atoms with Crippen LogP contribution in [0.1, 0.15) is 38.2 Å². The second-order valence-corrected chi connectivity index (χ2v) is 11.1. The van der Waals surface area contributed by atoms with Gasteiger partial charge in [-0.2, -0.15) is 4.31 Å². The van der Waals surface area contributed by atoms with E-state index < -0.39 is 15.8 Å². The van der Waals surface area contributed by atoms with Crippen LogP contribution in [-0.2, 0) is 14.8 Å². The van der Waals surface area contributed by atoms with Gasteiger partial charge in [-0.1, -0.05) is 50.1 Å². The summed E-state index contributed by atoms with van der Waals surface area (Å²) in [7, 11) is -2.01. The number of hydrogen-bond donors (Lipinski definition) is 0. The molecule has 1 aliphatic rings. The van der Waals surface area contributed by atoms with Crippen molar-refractivity contribution in [2.24, 2.45) is 0 Å². The Morgan fingerprint density at radius 1 is 1.05 bits per heavy atom. The minimum Gasteiger partial charge on any atom is -0.496 e. The van der Waals surface area contributed by atoms with Gasteiger partial charge in [0.25, 0.3) is 0 Å². The maximum Gasteiger partial charge on any atom is 0.243 e. The summed E-state index contributed by atoms with van der Waals surface area (Å²) in [6.07, 6.45) is 7.46. The van der Waals surface area contributed by atoms with E-state index in [9.17, 15) is 17.6 Å². The number of hydrogen-bond acceptors (Lipinski definition) is 5. The van der Waals surface area contributed by atoms with Crippen LogP contribution in [0.3, 0.4) is 0 Å². The Morgan fingerprint density at radius 2 is 1.76 bits per heavy atom. The number of carbonyl (C=O) groups is 1. The lowest BCUT2D eigenvalue weighted by molar-refractivity contribution is -0.131. The highest BCUT2D eigenvalue weighted by Gasteiger charge is 2.28. The monoisotopic (exact) mass is 531 g/mol. The minimum atomic E-state index is -3.65. The normalized spacial score (nSPS) is 15.2. The highest BCUT2D eigenvalue weighted by Crippen LogP contribution is 2.20. The second kappa shape index (κ2) is 14.3. The summed E-state index contributed by atoms with van der Waals surface area (Å²) in [6.45, 7) is 5.74. The largest absolute Gasteiger partial charge is 0.496 e. The fourth-order valence-corrected chi connectivity index (χ4v) is 5.75. The lowest BCUT2D eigenvalue weighted by Crippen LogP contribution is -2.50. The summed E-state index contributed by atoms with van der Waals surface area (Å²) >= 11 is 0. The molecule has 0 saturated carbocycles. The number of ether oxygens (including phenoxy) is 1. The van der Waals surface area contributed by atoms with Crippen LogP contribution < -0.4 is 4.74 Å². The summed E-state index contributed by atoms with van der Waals surface area (Å²) in [5, 5.41) is 0. The van der Waals surface area contributed by atoms with Crippen LogP contribution in [0.4, 0.5) is 4.39 Å². The predicted molar refractivity (Wildman–Crippen MR) is 144 cm³/mol. The van der Waals surface area contributed by atoms with E-state index in [-0.39, 0.29) is 10.8 Å². The van der Waals surface area contributed by atoms with E-state index in [1.807, 2.05) is 41.3 Å². The Hall–Kier alpha value is -2.75. The van der Waals surface area contributed by atoms with E-state index in [1.54, 1.807) is 7.11 Å². The van der Waals surface area contributed by atoms with Gasteiger partial charge in [0, 0.05) is 57.8 Å². The van der Waals surface area contributed by atoms with Gasteiger partial charge in [0.2, 0.25) is 15.9 Å². The maximum absolute atomic E-state index is 13.2. The number of rotatable bonds is 13. The number of sulfonamides is 1. The molecule has 2 aromatic rings. The zero-order valence-electron chi connectivity index (χ0n) is 21.8. The molecule has 37 heavy (non-hydrogen) atoms. The van der Waals surface area contributed by atoms with Crippen LogP contribution in [0.25, 0.3) is 6.08 Å². The van der Waals surface area contributed by atoms with E-state index in [1.165, 1.54) is 16.4 Å². The quantitative estimate of drug-likeness (QED) is 0.361. The average molecular weight is 532 g/mol. The van der Waals surface area contributed by atoms with Gasteiger partial charge in [0.05, 0.1) is 12.0 Å². The molecule has 2 aromatic carbocycles. The van der Waals surface area contributed by atoms with Gasteiger partial charge in [-0.05, 0) is 36.8 Å². The third-order valence-corrected chi connectivity index (χ3v) is 8.49. The Balaban J connectivity index is 1.56. The molecule has 1 heterocycles. The van der Waals surface area contributed by atoms with Crippen molar-refractivity contribution >= 4 is 22.0 Å². The van der Waals surface area contributed by atoms with Crippen LogP contribution in [0.5, 0.6) is 5.75 Å². The first kappa shape index (κ1) is 28.8. The lowest BCUT2D eigenvalue weighted by Gasteiger charge is -2.35. The zero-order chi connectivity index (χ0) is 26.7. The van der Waals surface area contributed by atoms with Crippen molar-refractivity contribution in [1.82, 2.24) is 14.1 Å². The van der Waals surface area contributed by atoms with E-state index in [0.29, 0.717) is 52.2 Å². The fraction of sp³-hybridized carbons (Fsp3) is 0.464. The van der Waals surface area contributed by atoms with Gasteiger partial charge in [-0.3, -0.25) is 9.69 Å². The van der Waals surface area contributed by atoms with E-state index in [0.717, 1.165) is 42.7 Å². The molecule has 0 atom stereocenters. The number of unbranched alkanes of at least 4 members (excludes halogenated alkanes) is 2. The number of carbonyl (C=O) groups excluding carboxylic acids is 1. The Bertz CT molecular complexity index is 1130. The van der Waals surface area contributed by atoms with Gasteiger partial charge in [-0.15, -0.1) is 0 Å². The molecule has 0 unspecified atom stereocenters. The summed E-state index contributed by atoms with van der Waals surface area (Å²) in [5.41, 5.74) is 0.960. The first-order valence-corrected chi connectivity index (χ1v) is 14.3. The topological polar surface area (TPSA) is 70.2 Å². The van der Waals surface area contributed by atoms with Crippen molar-refractivity contribution in [2.45, 2.75) is 37.5 Å². The number of halogens is 1. The molecule has 0 radical (unpaired) electrons. The third-order valence-electron chi connectivity index (χ3n) is 6.58. The van der Waals surface area contributed by atoms with Crippen molar-refractivity contribution in [3.63, 3.8) is 0 Å². The van der Waals surface area contributed by atoms with Crippen LogP contribution in [0.2, 0.25) is 0 Å². The van der Waals surface area contributed by atoms with Gasteiger partial charge < -0.3 is 9.64 Å². The molecule has 1 fully saturated rings. The van der Waals surface area contributed by atoms with Crippen molar-refractivity contribution in [3.05, 3.63) is 66.0 Å². The van der Waals surface area contributed by atoms with Crippen LogP contribution in [0.15, 0.2) is 59.5 Å². The van der Waals surface area contributed by atoms with Crippen molar-refractivity contribution in [3.8, 4) is 5.75 Å². The first-order valence-electron chi connectivity index (χ1n) is 12.9. The number of amides is 1. The molecule has 9 heteroatoms. The van der Waals surface area contributed by atoms with Crippen molar-refractivity contribution in [2.75, 3.05) is 52.9 Å². The molecular formula is C28H38FN3O4S. The average Bonchev–Trinajstić information content (AvgIpc) is 2.91. The smallest absolute Gasteiger partial charge is 0.243 e. The molecule has 1 aliphatic heterocycles. The molecule has 0 bridgehead atoms. The molecule has 1 amide bonds. The SMILES string of the molecule is CCCCCC(=O)N(CC=Cc1ccccc1OC)CCN1CCN(S(=O)(=O)c2ccc(F)cc2)CC1.